The molecule has 3 N–H and O–H groups in total. The summed E-state index contributed by atoms with van der Waals surface area (Å²) in [4.78, 5) is 59.1. The SMILES string of the molecule is C=CC(=O)Nc1cc(Nc2nc(-c3ccnc(N4CCn5c(cc6c5CC(C)(C)C6)C4=O)c3CO)cn(C)c2=O)ccc1N1CCN(C2CCN(c3ccc(S(C)(=O)=O)c(C)c3)CC2)CC1C. The lowest BCUT2D eigenvalue weighted by Crippen LogP contribution is -2.57. The van der Waals surface area contributed by atoms with Gasteiger partial charge in [-0.25, -0.2) is 18.4 Å². The molecule has 0 bridgehead atoms. The summed E-state index contributed by atoms with van der Waals surface area (Å²) >= 11 is 0. The first-order valence-electron chi connectivity index (χ1n) is 23.0. The number of rotatable bonds is 11. The Morgan fingerprint density at radius 2 is 1.78 bits per heavy atom. The molecule has 6 heterocycles. The topological polar surface area (TPSA) is 178 Å². The van der Waals surface area contributed by atoms with E-state index >= 15 is 0 Å². The van der Waals surface area contributed by atoms with Gasteiger partial charge in [-0.15, -0.1) is 0 Å². The van der Waals surface area contributed by atoms with Crippen LogP contribution in [0.4, 0.5) is 34.4 Å². The average Bonchev–Trinajstić information content (AvgIpc) is 3.79. The first-order valence-corrected chi connectivity index (χ1v) is 24.9. The summed E-state index contributed by atoms with van der Waals surface area (Å²) in [6.07, 6.45) is 9.49. The van der Waals surface area contributed by atoms with Crippen LogP contribution < -0.4 is 30.9 Å². The van der Waals surface area contributed by atoms with Gasteiger partial charge < -0.3 is 34.7 Å². The van der Waals surface area contributed by atoms with Gasteiger partial charge in [0.15, 0.2) is 15.7 Å². The molecule has 1 atom stereocenters. The summed E-state index contributed by atoms with van der Waals surface area (Å²) in [5.41, 5.74) is 7.94. The summed E-state index contributed by atoms with van der Waals surface area (Å²) in [6, 6.07) is 15.5. The van der Waals surface area contributed by atoms with E-state index in [2.05, 4.69) is 62.2 Å². The number of benzene rings is 2. The zero-order valence-corrected chi connectivity index (χ0v) is 40.0. The van der Waals surface area contributed by atoms with Crippen LogP contribution in [0.1, 0.15) is 66.5 Å². The first-order chi connectivity index (χ1) is 31.9. The number of aliphatic hydroxyl groups is 1. The number of hydrogen-bond donors (Lipinski definition) is 3. The van der Waals surface area contributed by atoms with Gasteiger partial charge in [0, 0.05) is 112 Å². The standard InChI is InChI=1S/C50H60N10O6S/c1-8-45(62)53-39-25-34(9-11-41(39)58-20-19-57(28-32(58)3)35-14-17-56(18-15-35)36-10-12-44(31(2)23-36)67(7,65)66)52-46-49(64)55(6)29-40(54-46)37-13-16-51-47(38(37)30-61)60-22-21-59-42(48(60)63)24-33-26-50(4,5)27-43(33)59/h8-13,16,23-25,29,32,35,61H,1,14-15,17-22,26-28,30H2,2-7H3,(H,52,54)(H,53,62). The quantitative estimate of drug-likeness (QED) is 0.138. The smallest absolute Gasteiger partial charge is 0.293 e. The second kappa shape index (κ2) is 17.7. The predicted molar refractivity (Wildman–Crippen MR) is 262 cm³/mol. The third-order valence-corrected chi connectivity index (χ3v) is 15.3. The highest BCUT2D eigenvalue weighted by Gasteiger charge is 2.38. The number of aliphatic hydroxyl groups excluding tert-OH is 1. The Morgan fingerprint density at radius 1 is 1.00 bits per heavy atom. The summed E-state index contributed by atoms with van der Waals surface area (Å²) < 4.78 is 27.9. The summed E-state index contributed by atoms with van der Waals surface area (Å²) in [7, 11) is -1.64. The lowest BCUT2D eigenvalue weighted by atomic mass is 9.90. The van der Waals surface area contributed by atoms with Gasteiger partial charge in [-0.05, 0) is 111 Å². The number of nitrogens with one attached hydrogen (secondary N) is 2. The summed E-state index contributed by atoms with van der Waals surface area (Å²) in [5.74, 6) is -0.146. The normalized spacial score (nSPS) is 18.8. The number of aryl methyl sites for hydroxylation is 2. The van der Waals surface area contributed by atoms with E-state index in [9.17, 15) is 27.9 Å². The number of nitrogens with zero attached hydrogens (tertiary/aromatic N) is 8. The predicted octanol–water partition coefficient (Wildman–Crippen LogP) is 5.68. The van der Waals surface area contributed by atoms with Crippen molar-refractivity contribution in [3.8, 4) is 11.3 Å². The Morgan fingerprint density at radius 3 is 2.48 bits per heavy atom. The fraction of sp³-hybridized carbons (Fsp3) is 0.420. The molecule has 0 saturated carbocycles. The van der Waals surface area contributed by atoms with E-state index in [4.69, 9.17) is 4.98 Å². The van der Waals surface area contributed by atoms with Crippen molar-refractivity contribution in [3.63, 3.8) is 0 Å². The zero-order valence-electron chi connectivity index (χ0n) is 39.2. The molecule has 16 nitrogen and oxygen atoms in total. The number of aromatic nitrogens is 4. The van der Waals surface area contributed by atoms with Gasteiger partial charge in [0.2, 0.25) is 5.91 Å². The Hall–Kier alpha value is -6.30. The molecule has 5 aromatic rings. The number of fused-ring (bicyclic) bond motifs is 3. The molecule has 17 heteroatoms. The average molecular weight is 929 g/mol. The van der Waals surface area contributed by atoms with Crippen molar-refractivity contribution in [2.24, 2.45) is 12.5 Å². The van der Waals surface area contributed by atoms with Gasteiger partial charge in [-0.1, -0.05) is 20.4 Å². The maximum Gasteiger partial charge on any atom is 0.293 e. The van der Waals surface area contributed by atoms with Crippen molar-refractivity contribution >= 4 is 56.0 Å². The van der Waals surface area contributed by atoms with E-state index in [0.29, 0.717) is 63.7 Å². The molecule has 1 unspecified atom stereocenters. The van der Waals surface area contributed by atoms with Gasteiger partial charge in [-0.2, -0.15) is 0 Å². The maximum atomic E-state index is 14.0. The van der Waals surface area contributed by atoms with Crippen molar-refractivity contribution in [2.75, 3.05) is 70.9 Å². The number of carbonyl (C=O) groups is 2. The molecule has 1 aliphatic carbocycles. The van der Waals surface area contributed by atoms with E-state index in [0.717, 1.165) is 75.3 Å². The largest absolute Gasteiger partial charge is 0.392 e. The zero-order chi connectivity index (χ0) is 47.5. The van der Waals surface area contributed by atoms with Crippen molar-refractivity contribution in [1.29, 1.82) is 0 Å². The molecule has 3 aliphatic heterocycles. The number of amides is 2. The number of anilines is 6. The van der Waals surface area contributed by atoms with Gasteiger partial charge in [-0.3, -0.25) is 24.2 Å². The number of piperazine rings is 1. The van der Waals surface area contributed by atoms with E-state index < -0.39 is 16.4 Å². The fourth-order valence-corrected chi connectivity index (χ4v) is 11.7. The van der Waals surface area contributed by atoms with E-state index in [-0.39, 0.29) is 34.6 Å². The minimum Gasteiger partial charge on any atom is -0.392 e. The Labute approximate surface area is 391 Å². The van der Waals surface area contributed by atoms with Crippen molar-refractivity contribution in [3.05, 3.63) is 112 Å². The number of pyridine rings is 1. The molecule has 9 rings (SSSR count). The van der Waals surface area contributed by atoms with E-state index in [1.165, 1.54) is 28.2 Å². The van der Waals surface area contributed by atoms with Crippen LogP contribution >= 0.6 is 0 Å². The first kappa shape index (κ1) is 45.8. The molecule has 67 heavy (non-hydrogen) atoms. The Bertz CT molecular complexity index is 2970. The molecular weight excluding hydrogens is 869 g/mol. The molecule has 2 fully saturated rings. The lowest BCUT2D eigenvalue weighted by Gasteiger charge is -2.47. The second-order valence-corrected chi connectivity index (χ2v) is 21.3. The number of piperidine rings is 1. The summed E-state index contributed by atoms with van der Waals surface area (Å²) in [6.45, 7) is 17.0. The van der Waals surface area contributed by atoms with Crippen molar-refractivity contribution < 1.29 is 23.1 Å². The molecule has 2 amide bonds. The maximum absolute atomic E-state index is 14.0. The number of hydrogen-bond acceptors (Lipinski definition) is 12. The highest BCUT2D eigenvalue weighted by atomic mass is 32.2. The van der Waals surface area contributed by atoms with Crippen LogP contribution in [0, 0.1) is 12.3 Å². The van der Waals surface area contributed by atoms with Crippen LogP contribution in [0.2, 0.25) is 0 Å². The molecule has 2 saturated heterocycles. The van der Waals surface area contributed by atoms with Crippen LogP contribution in [-0.4, -0.2) is 107 Å². The van der Waals surface area contributed by atoms with E-state index in [1.54, 1.807) is 42.5 Å². The molecule has 4 aliphatic rings. The molecule has 352 valence electrons. The van der Waals surface area contributed by atoms with Gasteiger partial charge >= 0.3 is 0 Å². The van der Waals surface area contributed by atoms with Crippen LogP contribution in [0.5, 0.6) is 0 Å². The van der Waals surface area contributed by atoms with Crippen LogP contribution in [0.15, 0.2) is 83.3 Å². The highest BCUT2D eigenvalue weighted by Crippen LogP contribution is 2.41. The van der Waals surface area contributed by atoms with Gasteiger partial charge in [0.05, 0.1) is 28.6 Å². The van der Waals surface area contributed by atoms with Gasteiger partial charge in [0.25, 0.3) is 11.5 Å². The van der Waals surface area contributed by atoms with Crippen LogP contribution in [0.25, 0.3) is 11.3 Å². The third-order valence-electron chi connectivity index (χ3n) is 14.0. The second-order valence-electron chi connectivity index (χ2n) is 19.4. The Balaban J connectivity index is 0.914. The molecule has 3 aromatic heterocycles. The van der Waals surface area contributed by atoms with Crippen LogP contribution in [0.3, 0.4) is 0 Å². The number of carbonyl (C=O) groups excluding carboxylic acids is 2. The molecule has 2 aromatic carbocycles. The number of sulfone groups is 1. The third kappa shape index (κ3) is 8.87. The van der Waals surface area contributed by atoms with Gasteiger partial charge in [0.1, 0.15) is 11.5 Å². The monoisotopic (exact) mass is 928 g/mol. The molecule has 0 radical (unpaired) electrons. The minimum atomic E-state index is -3.28. The minimum absolute atomic E-state index is 0.0365. The highest BCUT2D eigenvalue weighted by molar-refractivity contribution is 7.90. The van der Waals surface area contributed by atoms with E-state index in [1.807, 2.05) is 37.3 Å². The Kier molecular flexibility index (Phi) is 12.1. The van der Waals surface area contributed by atoms with Crippen LogP contribution in [-0.2, 0) is 47.7 Å². The van der Waals surface area contributed by atoms with Crippen molar-refractivity contribution in [2.45, 2.75) is 83.5 Å². The van der Waals surface area contributed by atoms with Crippen molar-refractivity contribution in [1.82, 2.24) is 24.0 Å². The molecule has 0 spiro atoms. The molecular formula is C50H60N10O6S. The lowest BCUT2D eigenvalue weighted by molar-refractivity contribution is -0.111. The fourth-order valence-electron chi connectivity index (χ4n) is 10.7. The summed E-state index contributed by atoms with van der Waals surface area (Å²) in [5, 5.41) is 17.0.